The highest BCUT2D eigenvalue weighted by molar-refractivity contribution is 6.37. The lowest BCUT2D eigenvalue weighted by Crippen LogP contribution is -1.98. The van der Waals surface area contributed by atoms with Crippen molar-refractivity contribution in [1.29, 1.82) is 0 Å². The summed E-state index contributed by atoms with van der Waals surface area (Å²) < 4.78 is 5.42. The normalized spacial score (nSPS) is 15.1. The minimum Gasteiger partial charge on any atom is -0.508 e. The van der Waals surface area contributed by atoms with Crippen LogP contribution in [0.1, 0.15) is 15.9 Å². The van der Waals surface area contributed by atoms with Crippen LogP contribution in [0.5, 0.6) is 17.2 Å². The van der Waals surface area contributed by atoms with Gasteiger partial charge in [-0.15, -0.1) is 0 Å². The molecule has 1 heterocycles. The van der Waals surface area contributed by atoms with Crippen LogP contribution in [0.2, 0.25) is 10.0 Å². The molecule has 0 amide bonds. The zero-order valence-corrected chi connectivity index (χ0v) is 11.9. The number of halogens is 2. The number of carbonyl (C=O) groups excluding carboxylic acids is 1. The molecule has 21 heavy (non-hydrogen) atoms. The Hall–Kier alpha value is -2.17. The third kappa shape index (κ3) is 2.44. The molecular formula is C15H8Cl2O4. The molecule has 1 aliphatic rings. The number of hydrogen-bond acceptors (Lipinski definition) is 4. The van der Waals surface area contributed by atoms with Crippen LogP contribution in [0.4, 0.5) is 0 Å². The van der Waals surface area contributed by atoms with Crippen LogP contribution in [-0.2, 0) is 0 Å². The molecule has 2 aromatic rings. The van der Waals surface area contributed by atoms with Crippen molar-refractivity contribution in [3.8, 4) is 17.2 Å². The molecule has 0 bridgehead atoms. The summed E-state index contributed by atoms with van der Waals surface area (Å²) in [5, 5.41) is 19.1. The van der Waals surface area contributed by atoms with Gasteiger partial charge in [-0.25, -0.2) is 0 Å². The standard InChI is InChI=1S/C15H8Cl2O4/c16-10-3-7(4-11(17)15(10)20)5-13-14(19)9-2-1-8(18)6-12(9)21-13/h1-6,18,20H. The Labute approximate surface area is 129 Å². The van der Waals surface area contributed by atoms with E-state index in [1.54, 1.807) is 0 Å². The van der Waals surface area contributed by atoms with Crippen molar-refractivity contribution < 1.29 is 19.7 Å². The van der Waals surface area contributed by atoms with E-state index in [1.165, 1.54) is 36.4 Å². The second kappa shape index (κ2) is 4.98. The van der Waals surface area contributed by atoms with Crippen molar-refractivity contribution in [3.63, 3.8) is 0 Å². The number of allylic oxidation sites excluding steroid dienone is 1. The van der Waals surface area contributed by atoms with E-state index in [9.17, 15) is 15.0 Å². The molecule has 0 atom stereocenters. The number of phenolic OH excluding ortho intramolecular Hbond substituents is 2. The number of rotatable bonds is 1. The lowest BCUT2D eigenvalue weighted by atomic mass is 10.1. The van der Waals surface area contributed by atoms with Crippen LogP contribution < -0.4 is 4.74 Å². The van der Waals surface area contributed by atoms with Crippen molar-refractivity contribution in [1.82, 2.24) is 0 Å². The molecule has 0 unspecified atom stereocenters. The van der Waals surface area contributed by atoms with E-state index in [2.05, 4.69) is 0 Å². The van der Waals surface area contributed by atoms with E-state index in [1.807, 2.05) is 0 Å². The minimum absolute atomic E-state index is 0.0125. The Morgan fingerprint density at radius 2 is 1.71 bits per heavy atom. The van der Waals surface area contributed by atoms with Gasteiger partial charge >= 0.3 is 0 Å². The quantitative estimate of drug-likeness (QED) is 0.778. The molecular weight excluding hydrogens is 315 g/mol. The number of Topliss-reactive ketones (excluding diaryl/α,β-unsaturated/α-hetero) is 1. The number of carbonyl (C=O) groups is 1. The van der Waals surface area contributed by atoms with Gasteiger partial charge in [0.15, 0.2) is 11.5 Å². The molecule has 0 spiro atoms. The van der Waals surface area contributed by atoms with Gasteiger partial charge in [-0.05, 0) is 35.9 Å². The van der Waals surface area contributed by atoms with Gasteiger partial charge in [0.1, 0.15) is 11.5 Å². The first-order valence-electron chi connectivity index (χ1n) is 5.91. The highest BCUT2D eigenvalue weighted by atomic mass is 35.5. The number of ether oxygens (including phenoxy) is 1. The largest absolute Gasteiger partial charge is 0.508 e. The second-order valence-electron chi connectivity index (χ2n) is 4.45. The molecule has 4 nitrogen and oxygen atoms in total. The summed E-state index contributed by atoms with van der Waals surface area (Å²) in [5.74, 6) is -0.119. The highest BCUT2D eigenvalue weighted by Gasteiger charge is 2.27. The van der Waals surface area contributed by atoms with Crippen molar-refractivity contribution in [2.75, 3.05) is 0 Å². The molecule has 0 saturated carbocycles. The summed E-state index contributed by atoms with van der Waals surface area (Å²) in [4.78, 5) is 12.2. The van der Waals surface area contributed by atoms with Crippen LogP contribution in [0.3, 0.4) is 0 Å². The van der Waals surface area contributed by atoms with E-state index >= 15 is 0 Å². The molecule has 3 rings (SSSR count). The first kappa shape index (κ1) is 13.8. The summed E-state index contributed by atoms with van der Waals surface area (Å²) in [7, 11) is 0. The Kier molecular flexibility index (Phi) is 3.27. The average molecular weight is 323 g/mol. The van der Waals surface area contributed by atoms with Crippen LogP contribution in [0, 0.1) is 0 Å². The first-order valence-corrected chi connectivity index (χ1v) is 6.66. The minimum atomic E-state index is -0.301. The maximum absolute atomic E-state index is 12.2. The molecule has 106 valence electrons. The topological polar surface area (TPSA) is 66.8 Å². The number of phenols is 2. The molecule has 6 heteroatoms. The van der Waals surface area contributed by atoms with Gasteiger partial charge in [0.2, 0.25) is 5.78 Å². The molecule has 2 aromatic carbocycles. The van der Waals surface area contributed by atoms with E-state index in [0.29, 0.717) is 16.9 Å². The molecule has 2 N–H and O–H groups in total. The molecule has 0 fully saturated rings. The van der Waals surface area contributed by atoms with Gasteiger partial charge in [-0.3, -0.25) is 4.79 Å². The summed E-state index contributed by atoms with van der Waals surface area (Å²) in [5.41, 5.74) is 0.887. The predicted octanol–water partition coefficient (Wildman–Crippen LogP) is 4.02. The van der Waals surface area contributed by atoms with Gasteiger partial charge in [0.25, 0.3) is 0 Å². The fraction of sp³-hybridized carbons (Fsp3) is 0. The van der Waals surface area contributed by atoms with Crippen LogP contribution in [0.25, 0.3) is 6.08 Å². The first-order chi connectivity index (χ1) is 9.95. The lowest BCUT2D eigenvalue weighted by Gasteiger charge is -2.03. The maximum atomic E-state index is 12.2. The van der Waals surface area contributed by atoms with E-state index in [0.717, 1.165) is 0 Å². The summed E-state index contributed by atoms with van der Waals surface area (Å²) in [6.07, 6.45) is 1.47. The van der Waals surface area contributed by atoms with Gasteiger partial charge in [0.05, 0.1) is 15.6 Å². The van der Waals surface area contributed by atoms with E-state index in [-0.39, 0.29) is 33.1 Å². The zero-order valence-electron chi connectivity index (χ0n) is 10.4. The van der Waals surface area contributed by atoms with E-state index in [4.69, 9.17) is 27.9 Å². The lowest BCUT2D eigenvalue weighted by molar-refractivity contribution is 0.101. The maximum Gasteiger partial charge on any atom is 0.231 e. The molecule has 0 saturated heterocycles. The zero-order chi connectivity index (χ0) is 15.1. The number of ketones is 1. The second-order valence-corrected chi connectivity index (χ2v) is 5.27. The Morgan fingerprint density at radius 3 is 2.38 bits per heavy atom. The summed E-state index contributed by atoms with van der Waals surface area (Å²) in [6.45, 7) is 0. The van der Waals surface area contributed by atoms with Crippen molar-refractivity contribution in [2.45, 2.75) is 0 Å². The average Bonchev–Trinajstić information content (AvgIpc) is 2.72. The van der Waals surface area contributed by atoms with Crippen molar-refractivity contribution >= 4 is 35.1 Å². The molecule has 0 radical (unpaired) electrons. The number of aromatic hydroxyl groups is 2. The van der Waals surface area contributed by atoms with Gasteiger partial charge < -0.3 is 14.9 Å². The third-order valence-electron chi connectivity index (χ3n) is 2.99. The molecule has 0 aromatic heterocycles. The van der Waals surface area contributed by atoms with Crippen LogP contribution in [-0.4, -0.2) is 16.0 Å². The van der Waals surface area contributed by atoms with Crippen LogP contribution in [0.15, 0.2) is 36.1 Å². The summed E-state index contributed by atoms with van der Waals surface area (Å²) in [6, 6.07) is 7.20. The Morgan fingerprint density at radius 1 is 1.05 bits per heavy atom. The summed E-state index contributed by atoms with van der Waals surface area (Å²) >= 11 is 11.7. The molecule has 0 aliphatic carbocycles. The van der Waals surface area contributed by atoms with E-state index < -0.39 is 0 Å². The van der Waals surface area contributed by atoms with Crippen LogP contribution >= 0.6 is 23.2 Å². The predicted molar refractivity (Wildman–Crippen MR) is 79.2 cm³/mol. The Bertz CT molecular complexity index is 773. The number of hydrogen-bond donors (Lipinski definition) is 2. The fourth-order valence-electron chi connectivity index (χ4n) is 2.00. The number of fused-ring (bicyclic) bond motifs is 1. The molecule has 1 aliphatic heterocycles. The fourth-order valence-corrected chi connectivity index (χ4v) is 2.50. The van der Waals surface area contributed by atoms with Crippen molar-refractivity contribution in [2.24, 2.45) is 0 Å². The van der Waals surface area contributed by atoms with Gasteiger partial charge in [0, 0.05) is 6.07 Å². The SMILES string of the molecule is O=C1C(=Cc2cc(Cl)c(O)c(Cl)c2)Oc2cc(O)ccc21. The monoisotopic (exact) mass is 322 g/mol. The van der Waals surface area contributed by atoms with Crippen molar-refractivity contribution in [3.05, 3.63) is 57.3 Å². The third-order valence-corrected chi connectivity index (χ3v) is 3.57. The van der Waals surface area contributed by atoms with Gasteiger partial charge in [-0.1, -0.05) is 23.2 Å². The highest BCUT2D eigenvalue weighted by Crippen LogP contribution is 2.36. The smallest absolute Gasteiger partial charge is 0.231 e. The number of benzene rings is 2. The van der Waals surface area contributed by atoms with Gasteiger partial charge in [-0.2, -0.15) is 0 Å². The Balaban J connectivity index is 2.01.